The number of carbonyl (C=O) groups excluding carboxylic acids is 1. The molecule has 8 heteroatoms. The Morgan fingerprint density at radius 3 is 2.17 bits per heavy atom. The summed E-state index contributed by atoms with van der Waals surface area (Å²) in [4.78, 5) is 13.2. The molecule has 23 heavy (non-hydrogen) atoms. The number of alkyl halides is 3. The monoisotopic (exact) mass is 348 g/mol. The molecule has 0 spiro atoms. The molecule has 1 aromatic rings. The number of benzene rings is 1. The molecule has 1 amide bonds. The van der Waals surface area contributed by atoms with Gasteiger partial charge in [-0.3, -0.25) is 4.79 Å². The summed E-state index contributed by atoms with van der Waals surface area (Å²) >= 11 is 0. The van der Waals surface area contributed by atoms with Gasteiger partial charge in [-0.25, -0.2) is 8.57 Å². The zero-order valence-electron chi connectivity index (χ0n) is 12.6. The van der Waals surface area contributed by atoms with Gasteiger partial charge in [0.15, 0.2) is 9.73 Å². The van der Waals surface area contributed by atoms with Crippen LogP contribution in [0, 0.1) is 0 Å². The van der Waals surface area contributed by atoms with Crippen LogP contribution in [0.5, 0.6) is 0 Å². The van der Waals surface area contributed by atoms with E-state index in [0.717, 1.165) is 37.8 Å². The van der Waals surface area contributed by atoms with Crippen LogP contribution in [0.15, 0.2) is 39.6 Å². The van der Waals surface area contributed by atoms with Crippen molar-refractivity contribution in [3.8, 4) is 0 Å². The predicted molar refractivity (Wildman–Crippen MR) is 81.2 cm³/mol. The van der Waals surface area contributed by atoms with Crippen LogP contribution in [0.3, 0.4) is 0 Å². The van der Waals surface area contributed by atoms with Gasteiger partial charge in [-0.15, -0.1) is 0 Å². The van der Waals surface area contributed by atoms with Gasteiger partial charge in [0, 0.05) is 13.1 Å². The second-order valence-corrected chi connectivity index (χ2v) is 7.61. The standard InChI is InChI=1S/C15H19F3N2O2S/c16-15(17,18)23(22,13-8-4-3-5-9-13)19-12-14(21)20-10-6-1-2-7-11-20/h3-5,8-9H,1-2,6-7,10-12H2. The number of halogens is 3. The summed E-state index contributed by atoms with van der Waals surface area (Å²) in [6.07, 6.45) is 3.67. The van der Waals surface area contributed by atoms with Crippen LogP contribution in [0.1, 0.15) is 25.7 Å². The number of amides is 1. The average Bonchev–Trinajstić information content (AvgIpc) is 2.81. The Bertz CT molecular complexity index is 644. The molecule has 1 heterocycles. The van der Waals surface area contributed by atoms with E-state index >= 15 is 0 Å². The predicted octanol–water partition coefficient (Wildman–Crippen LogP) is 3.44. The van der Waals surface area contributed by atoms with Crippen molar-refractivity contribution in [2.24, 2.45) is 4.36 Å². The number of carbonyl (C=O) groups is 1. The molecule has 128 valence electrons. The van der Waals surface area contributed by atoms with Gasteiger partial charge in [-0.1, -0.05) is 31.0 Å². The van der Waals surface area contributed by atoms with Crippen molar-refractivity contribution in [2.75, 3.05) is 19.6 Å². The first-order valence-electron chi connectivity index (χ1n) is 7.47. The molecule has 1 atom stereocenters. The summed E-state index contributed by atoms with van der Waals surface area (Å²) in [6, 6.07) is 6.51. The van der Waals surface area contributed by atoms with Crippen molar-refractivity contribution < 1.29 is 22.2 Å². The summed E-state index contributed by atoms with van der Waals surface area (Å²) in [7, 11) is -4.65. The van der Waals surface area contributed by atoms with Crippen LogP contribution in [0.2, 0.25) is 0 Å². The summed E-state index contributed by atoms with van der Waals surface area (Å²) in [5.41, 5.74) is -5.02. The largest absolute Gasteiger partial charge is 0.483 e. The molecule has 0 aliphatic carbocycles. The van der Waals surface area contributed by atoms with Crippen molar-refractivity contribution in [3.05, 3.63) is 30.3 Å². The Kier molecular flexibility index (Phi) is 5.67. The smallest absolute Gasteiger partial charge is 0.341 e. The molecule has 0 saturated carbocycles. The molecule has 0 aromatic heterocycles. The second kappa shape index (κ2) is 7.33. The molecule has 1 aromatic carbocycles. The number of likely N-dealkylation sites (tertiary alicyclic amines) is 1. The maximum atomic E-state index is 13.3. The molecular weight excluding hydrogens is 329 g/mol. The van der Waals surface area contributed by atoms with Crippen molar-refractivity contribution in [2.45, 2.75) is 36.1 Å². The molecule has 1 aliphatic heterocycles. The van der Waals surface area contributed by atoms with E-state index in [9.17, 15) is 22.2 Å². The minimum absolute atomic E-state index is 0.420. The van der Waals surface area contributed by atoms with Crippen LogP contribution in [-0.2, 0) is 14.5 Å². The van der Waals surface area contributed by atoms with Gasteiger partial charge in [0.1, 0.15) is 6.54 Å². The molecule has 2 rings (SSSR count). The first kappa shape index (κ1) is 17.8. The lowest BCUT2D eigenvalue weighted by molar-refractivity contribution is -0.129. The Morgan fingerprint density at radius 2 is 1.65 bits per heavy atom. The van der Waals surface area contributed by atoms with Gasteiger partial charge in [-0.2, -0.15) is 13.2 Å². The Morgan fingerprint density at radius 1 is 1.09 bits per heavy atom. The lowest BCUT2D eigenvalue weighted by Gasteiger charge is -2.20. The van der Waals surface area contributed by atoms with Gasteiger partial charge in [0.05, 0.1) is 4.90 Å². The average molecular weight is 348 g/mol. The first-order valence-corrected chi connectivity index (χ1v) is 8.98. The molecule has 1 saturated heterocycles. The number of hydrogen-bond donors (Lipinski definition) is 0. The van der Waals surface area contributed by atoms with Gasteiger partial charge in [0.25, 0.3) is 0 Å². The minimum Gasteiger partial charge on any atom is -0.341 e. The van der Waals surface area contributed by atoms with E-state index in [1.807, 2.05) is 0 Å². The highest BCUT2D eigenvalue weighted by Crippen LogP contribution is 2.32. The van der Waals surface area contributed by atoms with Crippen LogP contribution in [0.25, 0.3) is 0 Å². The fraction of sp³-hybridized carbons (Fsp3) is 0.533. The molecule has 1 unspecified atom stereocenters. The Balaban J connectivity index is 2.25. The highest BCUT2D eigenvalue weighted by atomic mass is 32.2. The van der Waals surface area contributed by atoms with Crippen molar-refractivity contribution in [1.29, 1.82) is 0 Å². The van der Waals surface area contributed by atoms with E-state index in [1.165, 1.54) is 23.1 Å². The summed E-state index contributed by atoms with van der Waals surface area (Å²) in [5, 5.41) is 0. The highest BCUT2D eigenvalue weighted by molar-refractivity contribution is 7.94. The maximum absolute atomic E-state index is 13.3. The van der Waals surface area contributed by atoms with Crippen LogP contribution in [0.4, 0.5) is 13.2 Å². The molecule has 1 fully saturated rings. The maximum Gasteiger partial charge on any atom is 0.483 e. The lowest BCUT2D eigenvalue weighted by Crippen LogP contribution is -2.34. The molecular formula is C15H19F3N2O2S. The summed E-state index contributed by atoms with van der Waals surface area (Å²) < 4.78 is 55.5. The summed E-state index contributed by atoms with van der Waals surface area (Å²) in [6.45, 7) is 0.326. The quantitative estimate of drug-likeness (QED) is 0.840. The molecule has 0 radical (unpaired) electrons. The van der Waals surface area contributed by atoms with Gasteiger partial charge >= 0.3 is 5.51 Å². The SMILES string of the molecule is O=C(CN=S(=O)(c1ccccc1)C(F)(F)F)N1CCCCCC1. The molecule has 0 N–H and O–H groups in total. The van der Waals surface area contributed by atoms with E-state index in [0.29, 0.717) is 13.1 Å². The van der Waals surface area contributed by atoms with Crippen LogP contribution in [-0.4, -0.2) is 40.2 Å². The second-order valence-electron chi connectivity index (χ2n) is 5.37. The normalized spacial score (nSPS) is 18.8. The van der Waals surface area contributed by atoms with E-state index in [-0.39, 0.29) is 0 Å². The third-order valence-corrected chi connectivity index (χ3v) is 5.75. The van der Waals surface area contributed by atoms with Crippen molar-refractivity contribution >= 4 is 15.6 Å². The van der Waals surface area contributed by atoms with Gasteiger partial charge in [0.2, 0.25) is 5.91 Å². The van der Waals surface area contributed by atoms with Gasteiger partial charge < -0.3 is 4.90 Å². The number of nitrogens with zero attached hydrogens (tertiary/aromatic N) is 2. The number of hydrogen-bond acceptors (Lipinski definition) is 3. The van der Waals surface area contributed by atoms with E-state index < -0.39 is 32.6 Å². The van der Waals surface area contributed by atoms with Gasteiger partial charge in [-0.05, 0) is 25.0 Å². The van der Waals surface area contributed by atoms with Crippen molar-refractivity contribution in [3.63, 3.8) is 0 Å². The first-order chi connectivity index (χ1) is 10.8. The van der Waals surface area contributed by atoms with E-state index in [2.05, 4.69) is 4.36 Å². The fourth-order valence-corrected chi connectivity index (χ4v) is 3.83. The number of rotatable bonds is 3. The summed E-state index contributed by atoms with van der Waals surface area (Å²) in [5.74, 6) is -0.500. The third-order valence-electron chi connectivity index (χ3n) is 3.72. The third kappa shape index (κ3) is 4.25. The Hall–Kier alpha value is -1.57. The van der Waals surface area contributed by atoms with Crippen molar-refractivity contribution in [1.82, 2.24) is 4.90 Å². The zero-order valence-corrected chi connectivity index (χ0v) is 13.4. The van der Waals surface area contributed by atoms with Crippen LogP contribution < -0.4 is 0 Å². The molecule has 0 bridgehead atoms. The highest BCUT2D eigenvalue weighted by Gasteiger charge is 2.44. The van der Waals surface area contributed by atoms with Crippen LogP contribution >= 0.6 is 0 Å². The topological polar surface area (TPSA) is 49.7 Å². The Labute approximate surface area is 133 Å². The van der Waals surface area contributed by atoms with E-state index in [1.54, 1.807) is 0 Å². The van der Waals surface area contributed by atoms with E-state index in [4.69, 9.17) is 0 Å². The zero-order chi connectivity index (χ0) is 16.9. The molecule has 1 aliphatic rings. The lowest BCUT2D eigenvalue weighted by atomic mass is 10.2. The molecule has 4 nitrogen and oxygen atoms in total. The fourth-order valence-electron chi connectivity index (χ4n) is 2.45. The minimum atomic E-state index is -5.02.